The monoisotopic (exact) mass is 272 g/mol. The van der Waals surface area contributed by atoms with E-state index in [1.54, 1.807) is 30.5 Å². The first-order valence-electron chi connectivity index (χ1n) is 6.37. The summed E-state index contributed by atoms with van der Waals surface area (Å²) in [6.07, 6.45) is 2.30. The maximum Gasteiger partial charge on any atom is 0.285 e. The fourth-order valence-electron chi connectivity index (χ4n) is 1.82. The molecule has 2 rings (SSSR count). The van der Waals surface area contributed by atoms with Gasteiger partial charge in [-0.1, -0.05) is 18.7 Å². The second kappa shape index (κ2) is 6.25. The van der Waals surface area contributed by atoms with Crippen molar-refractivity contribution in [1.82, 2.24) is 5.06 Å². The van der Waals surface area contributed by atoms with Gasteiger partial charge in [-0.15, -0.1) is 5.06 Å². The zero-order valence-corrected chi connectivity index (χ0v) is 11.3. The molecule has 0 fully saturated rings. The molecule has 0 aliphatic carbocycles. The lowest BCUT2D eigenvalue weighted by molar-refractivity contribution is -0.0913. The summed E-state index contributed by atoms with van der Waals surface area (Å²) < 4.78 is 0. The molecule has 1 aromatic rings. The Kier molecular flexibility index (Phi) is 4.42. The molecule has 5 heteroatoms. The van der Waals surface area contributed by atoms with Crippen molar-refractivity contribution < 1.29 is 14.4 Å². The van der Waals surface area contributed by atoms with Crippen LogP contribution in [-0.2, 0) is 4.84 Å². The van der Waals surface area contributed by atoms with Gasteiger partial charge in [0.15, 0.2) is 0 Å². The smallest absolute Gasteiger partial charge is 0.285 e. The first-order chi connectivity index (χ1) is 9.61. The van der Waals surface area contributed by atoms with E-state index < -0.39 is 11.8 Å². The Balaban J connectivity index is 1.85. The van der Waals surface area contributed by atoms with Crippen LogP contribution in [0.2, 0.25) is 0 Å². The van der Waals surface area contributed by atoms with Crippen LogP contribution in [0.15, 0.2) is 41.4 Å². The van der Waals surface area contributed by atoms with Gasteiger partial charge in [-0.2, -0.15) is 0 Å². The van der Waals surface area contributed by atoms with Gasteiger partial charge in [0, 0.05) is 12.8 Å². The fourth-order valence-corrected chi connectivity index (χ4v) is 1.82. The van der Waals surface area contributed by atoms with Gasteiger partial charge in [0.05, 0.1) is 17.7 Å². The molecule has 0 unspecified atom stereocenters. The summed E-state index contributed by atoms with van der Waals surface area (Å²) in [5.74, 6) is -0.813. The Morgan fingerprint density at radius 1 is 1.30 bits per heavy atom. The minimum absolute atomic E-state index is 0.263. The molecule has 0 aromatic heterocycles. The van der Waals surface area contributed by atoms with Crippen LogP contribution in [0.3, 0.4) is 0 Å². The highest BCUT2D eigenvalue weighted by Gasteiger charge is 2.36. The van der Waals surface area contributed by atoms with E-state index in [4.69, 9.17) is 4.84 Å². The number of carbonyl (C=O) groups is 2. The third kappa shape index (κ3) is 3.00. The highest BCUT2D eigenvalue weighted by atomic mass is 16.7. The predicted molar refractivity (Wildman–Crippen MR) is 75.7 cm³/mol. The Morgan fingerprint density at radius 2 is 1.90 bits per heavy atom. The van der Waals surface area contributed by atoms with Gasteiger partial charge in [-0.3, -0.25) is 19.4 Å². The molecule has 0 atom stereocenters. The largest absolute Gasteiger partial charge is 0.293 e. The molecule has 20 heavy (non-hydrogen) atoms. The number of fused-ring (bicyclic) bond motifs is 1. The van der Waals surface area contributed by atoms with Crippen LogP contribution >= 0.6 is 0 Å². The van der Waals surface area contributed by atoms with Crippen molar-refractivity contribution in [2.24, 2.45) is 4.99 Å². The Bertz CT molecular complexity index is 543. The second-order valence-corrected chi connectivity index (χ2v) is 4.52. The van der Waals surface area contributed by atoms with E-state index in [1.807, 2.05) is 6.92 Å². The maximum atomic E-state index is 12.0. The summed E-state index contributed by atoms with van der Waals surface area (Å²) in [4.78, 5) is 33.3. The standard InChI is InChI=1S/C15H16N2O3/c1-11(2)10-16-8-5-9-20-17-14(18)12-6-3-4-7-13(12)15(17)19/h3-4,6-7,10H,1,5,8-9H2,2H3/b16-10+. The van der Waals surface area contributed by atoms with Crippen LogP contribution in [0.4, 0.5) is 0 Å². The normalized spacial score (nSPS) is 14.2. The number of hydrogen-bond acceptors (Lipinski definition) is 4. The lowest BCUT2D eigenvalue weighted by atomic mass is 10.1. The number of aliphatic imine (C=N–C) groups is 1. The van der Waals surface area contributed by atoms with Crippen molar-refractivity contribution in [2.45, 2.75) is 13.3 Å². The maximum absolute atomic E-state index is 12.0. The number of carbonyl (C=O) groups excluding carboxylic acids is 2. The first kappa shape index (κ1) is 14.1. The summed E-state index contributed by atoms with van der Waals surface area (Å²) in [6.45, 7) is 6.39. The van der Waals surface area contributed by atoms with Gasteiger partial charge in [0.2, 0.25) is 0 Å². The summed E-state index contributed by atoms with van der Waals surface area (Å²) in [6, 6.07) is 6.69. The summed E-state index contributed by atoms with van der Waals surface area (Å²) in [7, 11) is 0. The van der Waals surface area contributed by atoms with Crippen molar-refractivity contribution in [1.29, 1.82) is 0 Å². The van der Waals surface area contributed by atoms with E-state index in [-0.39, 0.29) is 6.61 Å². The number of hydroxylamine groups is 2. The number of allylic oxidation sites excluding steroid dienone is 1. The van der Waals surface area contributed by atoms with Crippen LogP contribution in [0.25, 0.3) is 0 Å². The molecular formula is C15H16N2O3. The molecule has 1 aromatic carbocycles. The van der Waals surface area contributed by atoms with E-state index in [1.165, 1.54) is 0 Å². The van der Waals surface area contributed by atoms with Gasteiger partial charge in [0.25, 0.3) is 11.8 Å². The van der Waals surface area contributed by atoms with Crippen LogP contribution in [0.5, 0.6) is 0 Å². The van der Waals surface area contributed by atoms with Gasteiger partial charge < -0.3 is 0 Å². The SMILES string of the molecule is C=C(C)/C=N/CCCON1C(=O)c2ccccc2C1=O. The molecule has 0 N–H and O–H groups in total. The van der Waals surface area contributed by atoms with Crippen molar-refractivity contribution in [3.8, 4) is 0 Å². The lowest BCUT2D eigenvalue weighted by Crippen LogP contribution is -2.30. The zero-order valence-electron chi connectivity index (χ0n) is 11.3. The molecule has 1 aliphatic rings. The van der Waals surface area contributed by atoms with E-state index >= 15 is 0 Å². The third-order valence-electron chi connectivity index (χ3n) is 2.72. The molecule has 0 saturated heterocycles. The van der Waals surface area contributed by atoms with Crippen molar-refractivity contribution in [3.05, 3.63) is 47.5 Å². The van der Waals surface area contributed by atoms with Crippen molar-refractivity contribution in [3.63, 3.8) is 0 Å². The number of benzene rings is 1. The van der Waals surface area contributed by atoms with Crippen LogP contribution in [0, 0.1) is 0 Å². The first-order valence-corrected chi connectivity index (χ1v) is 6.37. The van der Waals surface area contributed by atoms with E-state index in [0.717, 1.165) is 10.6 Å². The quantitative estimate of drug-likeness (QED) is 0.453. The predicted octanol–water partition coefficient (Wildman–Crippen LogP) is 2.25. The number of rotatable bonds is 6. The fraction of sp³-hybridized carbons (Fsp3) is 0.267. The third-order valence-corrected chi connectivity index (χ3v) is 2.72. The highest BCUT2D eigenvalue weighted by molar-refractivity contribution is 6.20. The molecule has 0 radical (unpaired) electrons. The Labute approximate surface area is 117 Å². The van der Waals surface area contributed by atoms with Crippen molar-refractivity contribution in [2.75, 3.05) is 13.2 Å². The number of hydrogen-bond donors (Lipinski definition) is 0. The molecule has 1 heterocycles. The Morgan fingerprint density at radius 3 is 2.45 bits per heavy atom. The molecule has 0 saturated carbocycles. The number of nitrogens with zero attached hydrogens (tertiary/aromatic N) is 2. The second-order valence-electron chi connectivity index (χ2n) is 4.52. The minimum Gasteiger partial charge on any atom is -0.293 e. The molecule has 1 aliphatic heterocycles. The highest BCUT2D eigenvalue weighted by Crippen LogP contribution is 2.22. The topological polar surface area (TPSA) is 59.0 Å². The molecule has 0 spiro atoms. The Hall–Kier alpha value is -2.27. The van der Waals surface area contributed by atoms with Crippen LogP contribution in [-0.4, -0.2) is 36.2 Å². The molecule has 2 amide bonds. The van der Waals surface area contributed by atoms with Crippen LogP contribution < -0.4 is 0 Å². The van der Waals surface area contributed by atoms with Gasteiger partial charge >= 0.3 is 0 Å². The lowest BCUT2D eigenvalue weighted by Gasteiger charge is -2.12. The van der Waals surface area contributed by atoms with Crippen molar-refractivity contribution >= 4 is 18.0 Å². The molecule has 104 valence electrons. The molecule has 5 nitrogen and oxygen atoms in total. The number of imide groups is 1. The summed E-state index contributed by atoms with van der Waals surface area (Å²) in [5, 5.41) is 0.827. The average molecular weight is 272 g/mol. The molecular weight excluding hydrogens is 256 g/mol. The van der Waals surface area contributed by atoms with Gasteiger partial charge in [0.1, 0.15) is 0 Å². The molecule has 0 bridgehead atoms. The number of amides is 2. The average Bonchev–Trinajstić information content (AvgIpc) is 2.67. The van der Waals surface area contributed by atoms with E-state index in [9.17, 15) is 9.59 Å². The van der Waals surface area contributed by atoms with E-state index in [2.05, 4.69) is 11.6 Å². The van der Waals surface area contributed by atoms with Gasteiger partial charge in [-0.05, 0) is 31.1 Å². The van der Waals surface area contributed by atoms with Crippen LogP contribution in [0.1, 0.15) is 34.1 Å². The zero-order chi connectivity index (χ0) is 14.5. The summed E-state index contributed by atoms with van der Waals surface area (Å²) in [5.41, 5.74) is 1.65. The minimum atomic E-state index is -0.406. The van der Waals surface area contributed by atoms with E-state index in [0.29, 0.717) is 24.1 Å². The van der Waals surface area contributed by atoms with Gasteiger partial charge in [-0.25, -0.2) is 0 Å². The summed E-state index contributed by atoms with van der Waals surface area (Å²) >= 11 is 0.